The van der Waals surface area contributed by atoms with Crippen LogP contribution in [-0.4, -0.2) is 24.7 Å². The fourth-order valence-corrected chi connectivity index (χ4v) is 2.75. The average Bonchev–Trinajstić information content (AvgIpc) is 3.09. The molecule has 6 heteroatoms. The highest BCUT2D eigenvalue weighted by Gasteiger charge is 2.11. The van der Waals surface area contributed by atoms with E-state index in [-0.39, 0.29) is 0 Å². The largest absolute Gasteiger partial charge is 0.471 e. The number of rotatable bonds is 5. The van der Waals surface area contributed by atoms with E-state index in [2.05, 4.69) is 20.1 Å². The van der Waals surface area contributed by atoms with Crippen molar-refractivity contribution in [1.82, 2.24) is 24.7 Å². The van der Waals surface area contributed by atoms with Crippen molar-refractivity contribution in [2.24, 2.45) is 7.05 Å². The standard InChI is InChI=1S/C21H19N5O/c1-15-11-23-20(24-12-15)18-5-3-16(4-6-18)14-27-21-19(13-26(2)25-21)17-7-9-22-10-8-17/h3-13H,14H2,1-2H3. The summed E-state index contributed by atoms with van der Waals surface area (Å²) in [7, 11) is 1.88. The van der Waals surface area contributed by atoms with E-state index >= 15 is 0 Å². The van der Waals surface area contributed by atoms with Crippen LogP contribution in [0.15, 0.2) is 67.4 Å². The summed E-state index contributed by atoms with van der Waals surface area (Å²) in [4.78, 5) is 12.8. The SMILES string of the molecule is Cc1cnc(-c2ccc(COc3nn(C)cc3-c3ccncc3)cc2)nc1. The lowest BCUT2D eigenvalue weighted by atomic mass is 10.1. The van der Waals surface area contributed by atoms with Gasteiger partial charge in [0.25, 0.3) is 0 Å². The lowest BCUT2D eigenvalue weighted by Crippen LogP contribution is -1.98. The van der Waals surface area contributed by atoms with Crippen molar-refractivity contribution in [2.45, 2.75) is 13.5 Å². The van der Waals surface area contributed by atoms with Crippen LogP contribution in [-0.2, 0) is 13.7 Å². The van der Waals surface area contributed by atoms with Gasteiger partial charge in [0.1, 0.15) is 6.61 Å². The first-order valence-corrected chi connectivity index (χ1v) is 8.64. The molecule has 0 aliphatic heterocycles. The van der Waals surface area contributed by atoms with Gasteiger partial charge < -0.3 is 4.74 Å². The average molecular weight is 357 g/mol. The van der Waals surface area contributed by atoms with Crippen molar-refractivity contribution in [1.29, 1.82) is 0 Å². The highest BCUT2D eigenvalue weighted by atomic mass is 16.5. The Hall–Kier alpha value is -3.54. The predicted octanol–water partition coefficient (Wildman–Crippen LogP) is 3.83. The molecule has 6 nitrogen and oxygen atoms in total. The number of hydrogen-bond acceptors (Lipinski definition) is 5. The zero-order valence-electron chi connectivity index (χ0n) is 15.2. The maximum atomic E-state index is 5.98. The second kappa shape index (κ2) is 7.37. The molecule has 0 unspecified atom stereocenters. The molecule has 0 atom stereocenters. The van der Waals surface area contributed by atoms with E-state index in [0.717, 1.165) is 33.6 Å². The van der Waals surface area contributed by atoms with Crippen molar-refractivity contribution >= 4 is 0 Å². The van der Waals surface area contributed by atoms with E-state index in [0.29, 0.717) is 12.5 Å². The van der Waals surface area contributed by atoms with Crippen LogP contribution < -0.4 is 4.74 Å². The fourth-order valence-electron chi connectivity index (χ4n) is 2.75. The van der Waals surface area contributed by atoms with Crippen molar-refractivity contribution in [3.8, 4) is 28.4 Å². The molecule has 0 fully saturated rings. The Morgan fingerprint density at radius 1 is 0.926 bits per heavy atom. The van der Waals surface area contributed by atoms with Gasteiger partial charge in [-0.2, -0.15) is 0 Å². The first-order chi connectivity index (χ1) is 13.2. The third-order valence-corrected chi connectivity index (χ3v) is 4.15. The number of aromatic nitrogens is 5. The van der Waals surface area contributed by atoms with Crippen LogP contribution in [0.2, 0.25) is 0 Å². The molecule has 134 valence electrons. The van der Waals surface area contributed by atoms with Crippen molar-refractivity contribution in [3.63, 3.8) is 0 Å². The van der Waals surface area contributed by atoms with E-state index in [1.54, 1.807) is 17.1 Å². The van der Waals surface area contributed by atoms with Crippen molar-refractivity contribution in [2.75, 3.05) is 0 Å². The Kier molecular flexibility index (Phi) is 4.61. The van der Waals surface area contributed by atoms with Crippen LogP contribution in [0.4, 0.5) is 0 Å². The molecule has 0 saturated carbocycles. The minimum Gasteiger partial charge on any atom is -0.471 e. The molecule has 3 heterocycles. The minimum absolute atomic E-state index is 0.435. The van der Waals surface area contributed by atoms with Gasteiger partial charge in [-0.15, -0.1) is 5.10 Å². The quantitative estimate of drug-likeness (QED) is 0.543. The topological polar surface area (TPSA) is 65.7 Å². The molecule has 0 amide bonds. The molecule has 0 spiro atoms. The molecule has 0 saturated heterocycles. The zero-order chi connectivity index (χ0) is 18.6. The Morgan fingerprint density at radius 3 is 2.33 bits per heavy atom. The Balaban J connectivity index is 1.49. The molecule has 27 heavy (non-hydrogen) atoms. The van der Waals surface area contributed by atoms with Crippen molar-refractivity contribution in [3.05, 3.63) is 78.5 Å². The van der Waals surface area contributed by atoms with Crippen molar-refractivity contribution < 1.29 is 4.74 Å². The highest BCUT2D eigenvalue weighted by Crippen LogP contribution is 2.28. The second-order valence-electron chi connectivity index (χ2n) is 6.33. The summed E-state index contributed by atoms with van der Waals surface area (Å²) in [5.41, 5.74) is 5.06. The van der Waals surface area contributed by atoms with Gasteiger partial charge in [0.2, 0.25) is 5.88 Å². The lowest BCUT2D eigenvalue weighted by Gasteiger charge is -2.07. The highest BCUT2D eigenvalue weighted by molar-refractivity contribution is 5.67. The molecular weight excluding hydrogens is 338 g/mol. The summed E-state index contributed by atoms with van der Waals surface area (Å²) in [6.45, 7) is 2.41. The summed E-state index contributed by atoms with van der Waals surface area (Å²) >= 11 is 0. The van der Waals surface area contributed by atoms with Crippen LogP contribution in [0.5, 0.6) is 5.88 Å². The molecule has 0 aliphatic rings. The summed E-state index contributed by atoms with van der Waals surface area (Å²) < 4.78 is 7.73. The molecule has 0 aliphatic carbocycles. The van der Waals surface area contributed by atoms with E-state index in [4.69, 9.17) is 4.74 Å². The van der Waals surface area contributed by atoms with Gasteiger partial charge in [0.05, 0.1) is 5.56 Å². The van der Waals surface area contributed by atoms with Crippen LogP contribution >= 0.6 is 0 Å². The van der Waals surface area contributed by atoms with Gasteiger partial charge in [-0.1, -0.05) is 24.3 Å². The van der Waals surface area contributed by atoms with E-state index < -0.39 is 0 Å². The van der Waals surface area contributed by atoms with Gasteiger partial charge in [-0.25, -0.2) is 9.97 Å². The monoisotopic (exact) mass is 357 g/mol. The zero-order valence-corrected chi connectivity index (χ0v) is 15.2. The third kappa shape index (κ3) is 3.84. The molecule has 1 aromatic carbocycles. The van der Waals surface area contributed by atoms with Gasteiger partial charge in [-0.05, 0) is 35.7 Å². The first-order valence-electron chi connectivity index (χ1n) is 8.64. The molecule has 0 N–H and O–H groups in total. The number of nitrogens with zero attached hydrogens (tertiary/aromatic N) is 5. The fraction of sp³-hybridized carbons (Fsp3) is 0.143. The smallest absolute Gasteiger partial charge is 0.241 e. The van der Waals surface area contributed by atoms with Gasteiger partial charge >= 0.3 is 0 Å². The summed E-state index contributed by atoms with van der Waals surface area (Å²) in [6, 6.07) is 11.9. The van der Waals surface area contributed by atoms with Crippen LogP contribution in [0.25, 0.3) is 22.5 Å². The molecule has 0 radical (unpaired) electrons. The molecular formula is C21H19N5O. The Morgan fingerprint density at radius 2 is 1.63 bits per heavy atom. The third-order valence-electron chi connectivity index (χ3n) is 4.15. The number of benzene rings is 1. The number of ether oxygens (including phenoxy) is 1. The van der Waals surface area contributed by atoms with Crippen LogP contribution in [0.1, 0.15) is 11.1 Å². The normalized spacial score (nSPS) is 10.7. The number of aryl methyl sites for hydroxylation is 2. The Bertz CT molecular complexity index is 1020. The van der Waals surface area contributed by atoms with E-state index in [1.165, 1.54) is 0 Å². The minimum atomic E-state index is 0.435. The van der Waals surface area contributed by atoms with Gasteiger partial charge in [-0.3, -0.25) is 9.67 Å². The molecule has 0 bridgehead atoms. The maximum Gasteiger partial charge on any atom is 0.241 e. The van der Waals surface area contributed by atoms with Crippen LogP contribution in [0.3, 0.4) is 0 Å². The summed E-state index contributed by atoms with van der Waals surface area (Å²) in [5.74, 6) is 1.33. The maximum absolute atomic E-state index is 5.98. The molecule has 4 aromatic rings. The van der Waals surface area contributed by atoms with E-state index in [1.807, 2.05) is 69.0 Å². The summed E-state index contributed by atoms with van der Waals surface area (Å²) in [5, 5.41) is 4.43. The second-order valence-corrected chi connectivity index (χ2v) is 6.33. The number of pyridine rings is 1. The Labute approximate surface area is 157 Å². The molecule has 3 aromatic heterocycles. The first kappa shape index (κ1) is 16.9. The lowest BCUT2D eigenvalue weighted by molar-refractivity contribution is 0.292. The summed E-state index contributed by atoms with van der Waals surface area (Å²) in [6.07, 6.45) is 9.11. The van der Waals surface area contributed by atoms with Crippen LogP contribution in [0, 0.1) is 6.92 Å². The van der Waals surface area contributed by atoms with E-state index in [9.17, 15) is 0 Å². The molecule has 4 rings (SSSR count). The van der Waals surface area contributed by atoms with Gasteiger partial charge in [0, 0.05) is 43.6 Å². The van der Waals surface area contributed by atoms with Gasteiger partial charge in [0.15, 0.2) is 5.82 Å². The predicted molar refractivity (Wildman–Crippen MR) is 103 cm³/mol. The number of hydrogen-bond donors (Lipinski definition) is 0.